The maximum absolute atomic E-state index is 12.4. The van der Waals surface area contributed by atoms with Gasteiger partial charge in [-0.05, 0) is 25.3 Å². The highest BCUT2D eigenvalue weighted by molar-refractivity contribution is 5.72. The van der Waals surface area contributed by atoms with Gasteiger partial charge in [-0.25, -0.2) is 4.98 Å². The number of anilines is 2. The summed E-state index contributed by atoms with van der Waals surface area (Å²) >= 11 is 0. The maximum atomic E-state index is 12.4. The summed E-state index contributed by atoms with van der Waals surface area (Å²) in [6, 6.07) is 2.13. The van der Waals surface area contributed by atoms with Crippen LogP contribution in [0.5, 0.6) is 0 Å². The monoisotopic (exact) mass is 372 g/mol. The first-order valence-corrected chi connectivity index (χ1v) is 10.5. The van der Waals surface area contributed by atoms with Crippen molar-refractivity contribution in [2.45, 2.75) is 58.6 Å². The van der Waals surface area contributed by atoms with Gasteiger partial charge < -0.3 is 15.0 Å². The summed E-state index contributed by atoms with van der Waals surface area (Å²) in [5.74, 6) is 0.979. The lowest BCUT2D eigenvalue weighted by atomic mass is 9.71. The molecule has 3 aliphatic rings. The number of aromatic nitrogens is 1. The van der Waals surface area contributed by atoms with Crippen LogP contribution in [0, 0.1) is 11.3 Å². The van der Waals surface area contributed by atoms with E-state index in [0.717, 1.165) is 57.7 Å². The SMILES string of the molecule is CCCCCC(C)C(=O)OC1NCC12CN(c1ccnc3c1CCCN3)C2. The molecule has 2 atom stereocenters. The molecule has 6 nitrogen and oxygen atoms in total. The summed E-state index contributed by atoms with van der Waals surface area (Å²) in [5, 5.41) is 6.73. The molecule has 0 amide bonds. The number of nitrogens with zero attached hydrogens (tertiary/aromatic N) is 2. The molecule has 6 heteroatoms. The van der Waals surface area contributed by atoms with Gasteiger partial charge in [0.2, 0.25) is 0 Å². The zero-order valence-corrected chi connectivity index (χ0v) is 16.6. The molecule has 4 heterocycles. The molecular formula is C21H32N4O2. The van der Waals surface area contributed by atoms with Crippen molar-refractivity contribution in [1.82, 2.24) is 10.3 Å². The Labute approximate surface area is 162 Å². The number of ether oxygens (including phenoxy) is 1. The summed E-state index contributed by atoms with van der Waals surface area (Å²) in [5.41, 5.74) is 2.71. The van der Waals surface area contributed by atoms with Crippen molar-refractivity contribution in [3.63, 3.8) is 0 Å². The summed E-state index contributed by atoms with van der Waals surface area (Å²) in [4.78, 5) is 19.3. The Kier molecular flexibility index (Phi) is 5.26. The second-order valence-electron chi connectivity index (χ2n) is 8.50. The van der Waals surface area contributed by atoms with Crippen LogP contribution < -0.4 is 15.5 Å². The lowest BCUT2D eigenvalue weighted by molar-refractivity contribution is -0.180. The van der Waals surface area contributed by atoms with E-state index in [0.29, 0.717) is 0 Å². The number of unbranched alkanes of at least 4 members (excludes halogenated alkanes) is 2. The van der Waals surface area contributed by atoms with E-state index in [4.69, 9.17) is 4.74 Å². The molecule has 27 heavy (non-hydrogen) atoms. The Morgan fingerprint density at radius 2 is 2.30 bits per heavy atom. The van der Waals surface area contributed by atoms with Gasteiger partial charge in [0.05, 0.1) is 11.3 Å². The topological polar surface area (TPSA) is 66.5 Å². The van der Waals surface area contributed by atoms with Crippen molar-refractivity contribution in [3.8, 4) is 0 Å². The van der Waals surface area contributed by atoms with Crippen molar-refractivity contribution < 1.29 is 9.53 Å². The summed E-state index contributed by atoms with van der Waals surface area (Å²) in [7, 11) is 0. The van der Waals surface area contributed by atoms with Gasteiger partial charge in [0.25, 0.3) is 0 Å². The van der Waals surface area contributed by atoms with E-state index in [1.165, 1.54) is 24.1 Å². The molecule has 1 spiro atoms. The predicted molar refractivity (Wildman–Crippen MR) is 107 cm³/mol. The maximum Gasteiger partial charge on any atom is 0.310 e. The van der Waals surface area contributed by atoms with Crippen molar-refractivity contribution >= 4 is 17.5 Å². The number of hydrogen-bond donors (Lipinski definition) is 2. The largest absolute Gasteiger partial charge is 0.446 e. The summed E-state index contributed by atoms with van der Waals surface area (Å²) in [6.45, 7) is 8.00. The third-order valence-corrected chi connectivity index (χ3v) is 6.35. The van der Waals surface area contributed by atoms with Crippen LogP contribution in [0.3, 0.4) is 0 Å². The molecule has 2 saturated heterocycles. The van der Waals surface area contributed by atoms with E-state index in [1.54, 1.807) is 0 Å². The van der Waals surface area contributed by atoms with E-state index in [2.05, 4.69) is 33.5 Å². The van der Waals surface area contributed by atoms with E-state index in [-0.39, 0.29) is 23.5 Å². The van der Waals surface area contributed by atoms with Gasteiger partial charge in [-0.15, -0.1) is 0 Å². The van der Waals surface area contributed by atoms with Gasteiger partial charge in [0, 0.05) is 43.6 Å². The van der Waals surface area contributed by atoms with E-state index in [9.17, 15) is 4.79 Å². The molecule has 0 radical (unpaired) electrons. The van der Waals surface area contributed by atoms with Crippen molar-refractivity contribution in [1.29, 1.82) is 0 Å². The zero-order valence-electron chi connectivity index (χ0n) is 16.6. The second kappa shape index (κ2) is 7.66. The fourth-order valence-corrected chi connectivity index (χ4v) is 4.50. The molecule has 148 valence electrons. The molecular weight excluding hydrogens is 340 g/mol. The fraction of sp³-hybridized carbons (Fsp3) is 0.714. The van der Waals surface area contributed by atoms with Crippen LogP contribution in [0.25, 0.3) is 0 Å². The Morgan fingerprint density at radius 3 is 3.04 bits per heavy atom. The molecule has 2 N–H and O–H groups in total. The van der Waals surface area contributed by atoms with E-state index < -0.39 is 0 Å². The highest BCUT2D eigenvalue weighted by atomic mass is 16.6. The van der Waals surface area contributed by atoms with Gasteiger partial charge in [-0.1, -0.05) is 33.1 Å². The van der Waals surface area contributed by atoms with Crippen molar-refractivity contribution in [3.05, 3.63) is 17.8 Å². The average molecular weight is 373 g/mol. The number of carbonyl (C=O) groups is 1. The third-order valence-electron chi connectivity index (χ3n) is 6.35. The van der Waals surface area contributed by atoms with Crippen LogP contribution in [-0.4, -0.2) is 43.4 Å². The number of carbonyl (C=O) groups excluding carboxylic acids is 1. The van der Waals surface area contributed by atoms with Gasteiger partial charge in [0.1, 0.15) is 5.82 Å². The van der Waals surface area contributed by atoms with Crippen LogP contribution in [0.15, 0.2) is 12.3 Å². The van der Waals surface area contributed by atoms with Crippen LogP contribution in [0.4, 0.5) is 11.5 Å². The van der Waals surface area contributed by atoms with Crippen molar-refractivity contribution in [2.24, 2.45) is 11.3 Å². The summed E-state index contributed by atoms with van der Waals surface area (Å²) < 4.78 is 5.83. The Morgan fingerprint density at radius 1 is 1.44 bits per heavy atom. The summed E-state index contributed by atoms with van der Waals surface area (Å²) in [6.07, 6.45) is 8.39. The average Bonchev–Trinajstić information content (AvgIpc) is 2.64. The number of nitrogens with one attached hydrogen (secondary N) is 2. The smallest absolute Gasteiger partial charge is 0.310 e. The molecule has 0 saturated carbocycles. The Bertz CT molecular complexity index is 687. The normalized spacial score (nSPS) is 23.6. The Balaban J connectivity index is 1.33. The molecule has 0 aliphatic carbocycles. The van der Waals surface area contributed by atoms with Crippen molar-refractivity contribution in [2.75, 3.05) is 36.4 Å². The van der Waals surface area contributed by atoms with E-state index >= 15 is 0 Å². The third kappa shape index (κ3) is 3.51. The first kappa shape index (κ1) is 18.5. The fourth-order valence-electron chi connectivity index (χ4n) is 4.50. The minimum Gasteiger partial charge on any atom is -0.446 e. The van der Waals surface area contributed by atoms with Gasteiger partial charge in [0.15, 0.2) is 6.23 Å². The molecule has 2 unspecified atom stereocenters. The minimum absolute atomic E-state index is 0.00882. The first-order chi connectivity index (χ1) is 13.1. The number of pyridine rings is 1. The molecule has 4 rings (SSSR count). The van der Waals surface area contributed by atoms with Crippen LogP contribution in [-0.2, 0) is 16.0 Å². The molecule has 2 fully saturated rings. The molecule has 0 bridgehead atoms. The number of esters is 1. The lowest BCUT2D eigenvalue weighted by Gasteiger charge is -2.60. The lowest BCUT2D eigenvalue weighted by Crippen LogP contribution is -2.77. The molecule has 0 aromatic carbocycles. The van der Waals surface area contributed by atoms with Gasteiger partial charge in [-0.2, -0.15) is 0 Å². The highest BCUT2D eigenvalue weighted by Gasteiger charge is 2.57. The Hall–Kier alpha value is -1.82. The molecule has 1 aromatic heterocycles. The minimum atomic E-state index is -0.134. The predicted octanol–water partition coefficient (Wildman–Crippen LogP) is 2.94. The number of rotatable bonds is 7. The number of hydrogen-bond acceptors (Lipinski definition) is 6. The van der Waals surface area contributed by atoms with Crippen LogP contribution >= 0.6 is 0 Å². The van der Waals surface area contributed by atoms with Crippen LogP contribution in [0.2, 0.25) is 0 Å². The van der Waals surface area contributed by atoms with Gasteiger partial charge in [-0.3, -0.25) is 10.1 Å². The molecule has 3 aliphatic heterocycles. The second-order valence-corrected chi connectivity index (χ2v) is 8.50. The van der Waals surface area contributed by atoms with Crippen LogP contribution in [0.1, 0.15) is 51.5 Å². The van der Waals surface area contributed by atoms with Gasteiger partial charge >= 0.3 is 5.97 Å². The standard InChI is InChI=1S/C21H32N4O2/c1-3-4-5-7-15(2)19(26)27-20-21(12-24-20)13-25(14-21)17-9-11-23-18-16(17)8-6-10-22-18/h9,11,15,20,24H,3-8,10,12-14H2,1-2H3,(H,22,23). The zero-order chi connectivity index (χ0) is 18.9. The first-order valence-electron chi connectivity index (χ1n) is 10.5. The molecule has 1 aromatic rings. The van der Waals surface area contributed by atoms with E-state index in [1.807, 2.05) is 13.1 Å². The number of fused-ring (bicyclic) bond motifs is 1. The quantitative estimate of drug-likeness (QED) is 0.567. The highest BCUT2D eigenvalue weighted by Crippen LogP contribution is 2.44.